The number of carbonyl (C=O) groups excluding carboxylic acids is 2. The van der Waals surface area contributed by atoms with Crippen molar-refractivity contribution in [3.63, 3.8) is 0 Å². The molecular formula is C24H28FN5O3. The quantitative estimate of drug-likeness (QED) is 0.549. The molecule has 1 saturated heterocycles. The average Bonchev–Trinajstić information content (AvgIpc) is 3.15. The van der Waals surface area contributed by atoms with E-state index in [4.69, 9.17) is 4.74 Å². The van der Waals surface area contributed by atoms with Gasteiger partial charge in [0.1, 0.15) is 17.0 Å². The maximum Gasteiger partial charge on any atom is 0.272 e. The van der Waals surface area contributed by atoms with Crippen molar-refractivity contribution in [1.82, 2.24) is 19.4 Å². The van der Waals surface area contributed by atoms with Crippen molar-refractivity contribution in [1.29, 1.82) is 0 Å². The number of methoxy groups -OCH3 is 1. The van der Waals surface area contributed by atoms with E-state index in [0.29, 0.717) is 42.4 Å². The molecule has 0 spiro atoms. The Labute approximate surface area is 191 Å². The number of carbonyl (C=O) groups is 2. The number of nitrogens with one attached hydrogen (secondary N) is 1. The molecule has 1 aliphatic rings. The van der Waals surface area contributed by atoms with Gasteiger partial charge in [0.05, 0.1) is 0 Å². The van der Waals surface area contributed by atoms with Gasteiger partial charge in [0.2, 0.25) is 5.95 Å². The van der Waals surface area contributed by atoms with Crippen molar-refractivity contribution in [3.8, 4) is 0 Å². The predicted molar refractivity (Wildman–Crippen MR) is 123 cm³/mol. The van der Waals surface area contributed by atoms with E-state index < -0.39 is 11.7 Å². The molecule has 174 valence electrons. The monoisotopic (exact) mass is 453 g/mol. The molecule has 0 radical (unpaired) electrons. The zero-order valence-electron chi connectivity index (χ0n) is 18.9. The molecule has 9 heteroatoms. The lowest BCUT2D eigenvalue weighted by Crippen LogP contribution is -2.42. The fourth-order valence-corrected chi connectivity index (χ4v) is 4.15. The first-order valence-corrected chi connectivity index (χ1v) is 11.2. The van der Waals surface area contributed by atoms with Gasteiger partial charge in [-0.25, -0.2) is 14.4 Å². The molecule has 0 unspecified atom stereocenters. The number of halogens is 1. The molecule has 4 rings (SSSR count). The minimum atomic E-state index is -0.493. The van der Waals surface area contributed by atoms with Crippen LogP contribution >= 0.6 is 0 Å². The zero-order valence-corrected chi connectivity index (χ0v) is 18.9. The first-order chi connectivity index (χ1) is 16.0. The Morgan fingerprint density at radius 3 is 2.82 bits per heavy atom. The molecule has 1 aromatic carbocycles. The summed E-state index contributed by atoms with van der Waals surface area (Å²) in [5.41, 5.74) is 1.61. The van der Waals surface area contributed by atoms with Crippen molar-refractivity contribution < 1.29 is 18.7 Å². The second-order valence-electron chi connectivity index (χ2n) is 8.28. The highest BCUT2D eigenvalue weighted by Gasteiger charge is 2.26. The summed E-state index contributed by atoms with van der Waals surface area (Å²) in [7, 11) is 1.62. The van der Waals surface area contributed by atoms with E-state index in [-0.39, 0.29) is 17.5 Å². The van der Waals surface area contributed by atoms with Gasteiger partial charge in [-0.05, 0) is 62.9 Å². The number of anilines is 1. The first-order valence-electron chi connectivity index (χ1n) is 11.2. The van der Waals surface area contributed by atoms with Crippen LogP contribution in [0.4, 0.5) is 10.3 Å². The Balaban J connectivity index is 1.67. The average molecular weight is 454 g/mol. The van der Waals surface area contributed by atoms with Crippen LogP contribution in [0.1, 0.15) is 53.5 Å². The number of rotatable bonds is 7. The van der Waals surface area contributed by atoms with Crippen LogP contribution in [0.25, 0.3) is 11.2 Å². The van der Waals surface area contributed by atoms with Crippen LogP contribution < -0.4 is 5.32 Å². The number of pyridine rings is 1. The fraction of sp³-hybridized carbons (Fsp3) is 0.417. The lowest BCUT2D eigenvalue weighted by molar-refractivity contribution is 0.0629. The standard InChI is InChI=1S/C24H28FN5O3/c1-16-7-3-4-12-29(16)23(32)20-11-10-19-21(26-20)30(13-6-14-33-2)24(27-19)28-22(31)17-8-5-9-18(25)15-17/h5,8-11,15-16H,3-4,6-7,12-14H2,1-2H3,(H,27,28,31)/t16-/m1/s1. The van der Waals surface area contributed by atoms with Gasteiger partial charge in [0.15, 0.2) is 5.65 Å². The minimum Gasteiger partial charge on any atom is -0.385 e. The van der Waals surface area contributed by atoms with Crippen LogP contribution in [-0.4, -0.2) is 57.6 Å². The summed E-state index contributed by atoms with van der Waals surface area (Å²) in [5, 5.41) is 2.76. The molecular weight excluding hydrogens is 425 g/mol. The van der Waals surface area contributed by atoms with Gasteiger partial charge in [0, 0.05) is 38.4 Å². The second kappa shape index (κ2) is 10.1. The van der Waals surface area contributed by atoms with Gasteiger partial charge in [-0.2, -0.15) is 0 Å². The van der Waals surface area contributed by atoms with Gasteiger partial charge >= 0.3 is 0 Å². The summed E-state index contributed by atoms with van der Waals surface area (Å²) in [6.45, 7) is 3.78. The van der Waals surface area contributed by atoms with E-state index in [2.05, 4.69) is 22.2 Å². The lowest BCUT2D eigenvalue weighted by Gasteiger charge is -2.33. The number of hydrogen-bond donors (Lipinski definition) is 1. The summed E-state index contributed by atoms with van der Waals surface area (Å²) in [6.07, 6.45) is 3.76. The normalized spacial score (nSPS) is 16.2. The highest BCUT2D eigenvalue weighted by molar-refractivity contribution is 6.04. The molecule has 33 heavy (non-hydrogen) atoms. The van der Waals surface area contributed by atoms with Crippen molar-refractivity contribution >= 4 is 28.9 Å². The second-order valence-corrected chi connectivity index (χ2v) is 8.28. The molecule has 3 heterocycles. The molecule has 0 aliphatic carbocycles. The summed E-state index contributed by atoms with van der Waals surface area (Å²) in [6, 6.07) is 9.06. The molecule has 1 N–H and O–H groups in total. The number of piperidine rings is 1. The Hall–Kier alpha value is -3.33. The van der Waals surface area contributed by atoms with Gasteiger partial charge in [-0.3, -0.25) is 19.5 Å². The van der Waals surface area contributed by atoms with Gasteiger partial charge in [0.25, 0.3) is 11.8 Å². The Kier molecular flexibility index (Phi) is 6.98. The van der Waals surface area contributed by atoms with E-state index in [1.54, 1.807) is 23.8 Å². The molecule has 1 fully saturated rings. The van der Waals surface area contributed by atoms with Crippen molar-refractivity contribution in [2.75, 3.05) is 25.6 Å². The van der Waals surface area contributed by atoms with E-state index in [1.165, 1.54) is 24.3 Å². The predicted octanol–water partition coefficient (Wildman–Crippen LogP) is 3.87. The van der Waals surface area contributed by atoms with Gasteiger partial charge in [-0.15, -0.1) is 0 Å². The molecule has 1 atom stereocenters. The summed E-state index contributed by atoms with van der Waals surface area (Å²) in [5.74, 6) is -0.776. The Bertz CT molecular complexity index is 1160. The molecule has 1 aliphatic heterocycles. The number of imidazole rings is 1. The van der Waals surface area contributed by atoms with Crippen molar-refractivity contribution in [2.45, 2.75) is 45.2 Å². The zero-order chi connectivity index (χ0) is 23.4. The summed E-state index contributed by atoms with van der Waals surface area (Å²) >= 11 is 0. The maximum atomic E-state index is 13.6. The third kappa shape index (κ3) is 5.03. The molecule has 2 aromatic heterocycles. The fourth-order valence-electron chi connectivity index (χ4n) is 4.15. The van der Waals surface area contributed by atoms with Crippen LogP contribution in [0, 0.1) is 5.82 Å². The number of benzene rings is 1. The van der Waals surface area contributed by atoms with Crippen molar-refractivity contribution in [3.05, 3.63) is 53.5 Å². The van der Waals surface area contributed by atoms with E-state index in [0.717, 1.165) is 25.8 Å². The largest absolute Gasteiger partial charge is 0.385 e. The topological polar surface area (TPSA) is 89.3 Å². The van der Waals surface area contributed by atoms with Crippen LogP contribution in [-0.2, 0) is 11.3 Å². The molecule has 3 aromatic rings. The van der Waals surface area contributed by atoms with E-state index in [9.17, 15) is 14.0 Å². The van der Waals surface area contributed by atoms with Gasteiger partial charge in [-0.1, -0.05) is 6.07 Å². The van der Waals surface area contributed by atoms with Gasteiger partial charge < -0.3 is 9.64 Å². The smallest absolute Gasteiger partial charge is 0.272 e. The number of fused-ring (bicyclic) bond motifs is 1. The number of hydrogen-bond acceptors (Lipinski definition) is 5. The number of ether oxygens (including phenoxy) is 1. The number of aryl methyl sites for hydroxylation is 1. The van der Waals surface area contributed by atoms with Crippen LogP contribution in [0.3, 0.4) is 0 Å². The number of amides is 2. The molecule has 8 nitrogen and oxygen atoms in total. The molecule has 2 amide bonds. The van der Waals surface area contributed by atoms with Crippen LogP contribution in [0.2, 0.25) is 0 Å². The highest BCUT2D eigenvalue weighted by atomic mass is 19.1. The summed E-state index contributed by atoms with van der Waals surface area (Å²) in [4.78, 5) is 36.9. The Morgan fingerprint density at radius 2 is 2.06 bits per heavy atom. The molecule has 0 bridgehead atoms. The molecule has 0 saturated carbocycles. The van der Waals surface area contributed by atoms with E-state index >= 15 is 0 Å². The number of likely N-dealkylation sites (tertiary alicyclic amines) is 1. The minimum absolute atomic E-state index is 0.0981. The highest BCUT2D eigenvalue weighted by Crippen LogP contribution is 2.23. The Morgan fingerprint density at radius 1 is 1.21 bits per heavy atom. The number of aromatic nitrogens is 3. The van der Waals surface area contributed by atoms with Crippen LogP contribution in [0.15, 0.2) is 36.4 Å². The third-order valence-corrected chi connectivity index (χ3v) is 5.92. The maximum absolute atomic E-state index is 13.6. The SMILES string of the molecule is COCCCn1c(NC(=O)c2cccc(F)c2)nc2ccc(C(=O)N3CCCC[C@H]3C)nc21. The summed E-state index contributed by atoms with van der Waals surface area (Å²) < 4.78 is 20.5. The van der Waals surface area contributed by atoms with E-state index in [1.807, 2.05) is 4.90 Å². The lowest BCUT2D eigenvalue weighted by atomic mass is 10.0. The third-order valence-electron chi connectivity index (χ3n) is 5.92. The van der Waals surface area contributed by atoms with Crippen LogP contribution in [0.5, 0.6) is 0 Å². The first kappa shape index (κ1) is 22.8. The van der Waals surface area contributed by atoms with Crippen molar-refractivity contribution in [2.24, 2.45) is 0 Å². The number of nitrogens with zero attached hydrogens (tertiary/aromatic N) is 4.